The van der Waals surface area contributed by atoms with E-state index in [9.17, 15) is 9.59 Å². The molecule has 0 heterocycles. The molecular weight excluding hydrogens is 286 g/mol. The minimum Gasteiger partial charge on any atom is -0.481 e. The third-order valence-electron chi connectivity index (χ3n) is 5.49. The minimum atomic E-state index is -0.859. The molecule has 2 unspecified atom stereocenters. The van der Waals surface area contributed by atoms with E-state index in [0.717, 1.165) is 25.2 Å². The molecule has 5 heteroatoms. The summed E-state index contributed by atoms with van der Waals surface area (Å²) in [4.78, 5) is 22.7. The number of carboxylic acids is 1. The molecule has 0 radical (unpaired) electrons. The van der Waals surface area contributed by atoms with Gasteiger partial charge in [0.25, 0.3) is 0 Å². The summed E-state index contributed by atoms with van der Waals surface area (Å²) in [5.74, 6) is 0.159. The number of carbonyl (C=O) groups is 2. The fourth-order valence-electron chi connectivity index (χ4n) is 6.15. The van der Waals surface area contributed by atoms with Crippen LogP contribution < -0.4 is 5.32 Å². The van der Waals surface area contributed by atoms with Crippen molar-refractivity contribution in [1.29, 1.82) is 0 Å². The molecule has 0 spiro atoms. The highest BCUT2D eigenvalue weighted by Crippen LogP contribution is 2.66. The van der Waals surface area contributed by atoms with Crippen LogP contribution in [0.3, 0.4) is 0 Å². The maximum Gasteiger partial charge on any atom is 0.313 e. The van der Waals surface area contributed by atoms with E-state index >= 15 is 0 Å². The minimum absolute atomic E-state index is 0.00151. The molecule has 4 bridgehead atoms. The maximum absolute atomic E-state index is 12.2. The lowest BCUT2D eigenvalue weighted by Crippen LogP contribution is -2.65. The summed E-state index contributed by atoms with van der Waals surface area (Å²) in [6, 6.07) is 0. The van der Waals surface area contributed by atoms with Crippen molar-refractivity contribution in [2.75, 3.05) is 11.5 Å². The van der Waals surface area contributed by atoms with Crippen molar-refractivity contribution in [3.05, 3.63) is 0 Å². The van der Waals surface area contributed by atoms with Crippen LogP contribution in [0.1, 0.15) is 52.4 Å². The maximum atomic E-state index is 12.2. The van der Waals surface area contributed by atoms with Crippen LogP contribution in [-0.4, -0.2) is 34.0 Å². The molecule has 0 aromatic heterocycles. The zero-order valence-electron chi connectivity index (χ0n) is 12.9. The molecule has 2 N–H and O–H groups in total. The van der Waals surface area contributed by atoms with Crippen LogP contribution in [0, 0.1) is 16.7 Å². The van der Waals surface area contributed by atoms with Gasteiger partial charge >= 0.3 is 5.97 Å². The van der Waals surface area contributed by atoms with E-state index in [2.05, 4.69) is 19.2 Å². The molecule has 0 aliphatic heterocycles. The van der Waals surface area contributed by atoms with Gasteiger partial charge < -0.3 is 10.4 Å². The van der Waals surface area contributed by atoms with Crippen molar-refractivity contribution in [3.63, 3.8) is 0 Å². The molecule has 4 saturated carbocycles. The van der Waals surface area contributed by atoms with Crippen molar-refractivity contribution >= 4 is 23.6 Å². The lowest BCUT2D eigenvalue weighted by atomic mass is 9.43. The van der Waals surface area contributed by atoms with Crippen LogP contribution >= 0.6 is 11.8 Å². The number of carbonyl (C=O) groups excluding carboxylic acids is 1. The van der Waals surface area contributed by atoms with Crippen LogP contribution in [0.25, 0.3) is 0 Å². The Hall–Kier alpha value is -0.710. The predicted octanol–water partition coefficient (Wildman–Crippen LogP) is 2.67. The summed E-state index contributed by atoms with van der Waals surface area (Å²) in [6.07, 6.45) is 7.24. The zero-order chi connectivity index (χ0) is 15.3. The zero-order valence-corrected chi connectivity index (χ0v) is 13.7. The highest BCUT2D eigenvalue weighted by atomic mass is 32.2. The molecule has 0 saturated heterocycles. The molecule has 4 nitrogen and oxygen atoms in total. The summed E-state index contributed by atoms with van der Waals surface area (Å²) < 4.78 is 0. The molecule has 2 atom stereocenters. The van der Waals surface area contributed by atoms with Crippen molar-refractivity contribution < 1.29 is 14.7 Å². The Labute approximate surface area is 130 Å². The van der Waals surface area contributed by atoms with Gasteiger partial charge in [0.15, 0.2) is 0 Å². The number of rotatable bonds is 5. The number of nitrogens with one attached hydrogen (secondary N) is 1. The third-order valence-corrected chi connectivity index (χ3v) is 6.41. The topological polar surface area (TPSA) is 66.4 Å². The Bertz CT molecular complexity index is 460. The highest BCUT2D eigenvalue weighted by molar-refractivity contribution is 8.00. The molecule has 4 aliphatic rings. The number of aliphatic carboxylic acids is 1. The molecule has 0 aromatic rings. The lowest BCUT2D eigenvalue weighted by Gasteiger charge is -2.65. The first-order chi connectivity index (χ1) is 9.72. The van der Waals surface area contributed by atoms with Crippen LogP contribution in [0.4, 0.5) is 0 Å². The van der Waals surface area contributed by atoms with Crippen molar-refractivity contribution in [2.24, 2.45) is 16.7 Å². The number of carboxylic acid groups (broad SMARTS) is 1. The monoisotopic (exact) mass is 311 g/mol. The van der Waals surface area contributed by atoms with E-state index in [1.807, 2.05) is 0 Å². The Kier molecular flexibility index (Phi) is 3.55. The van der Waals surface area contributed by atoms with Gasteiger partial charge in [-0.15, -0.1) is 11.8 Å². The van der Waals surface area contributed by atoms with Crippen molar-refractivity contribution in [2.45, 2.75) is 57.9 Å². The fourth-order valence-corrected chi connectivity index (χ4v) is 6.68. The molecule has 4 fully saturated rings. The molecule has 1 amide bonds. The SMILES string of the molecule is CC12CC3CC(C)(C1)CC(NC(=O)CSCC(=O)O)(C3)C2. The smallest absolute Gasteiger partial charge is 0.313 e. The standard InChI is InChI=1S/C16H25NO3S/c1-14-3-11-4-15(2,8-14)10-16(5-11,9-14)17-12(18)6-21-7-13(19)20/h11H,3-10H2,1-2H3,(H,17,18)(H,19,20). The normalized spacial score (nSPS) is 43.8. The van der Waals surface area contributed by atoms with Gasteiger partial charge in [-0.2, -0.15) is 0 Å². The second-order valence-corrected chi connectivity index (χ2v) is 9.33. The van der Waals surface area contributed by atoms with Gasteiger partial charge in [0.1, 0.15) is 0 Å². The quantitative estimate of drug-likeness (QED) is 0.819. The molecule has 0 aromatic carbocycles. The van der Waals surface area contributed by atoms with Crippen molar-refractivity contribution in [3.8, 4) is 0 Å². The highest BCUT2D eigenvalue weighted by Gasteiger charge is 2.60. The van der Waals surface area contributed by atoms with E-state index in [4.69, 9.17) is 5.11 Å². The van der Waals surface area contributed by atoms with E-state index in [-0.39, 0.29) is 23.0 Å². The Morgan fingerprint density at radius 2 is 1.71 bits per heavy atom. The number of amides is 1. The lowest BCUT2D eigenvalue weighted by molar-refractivity contribution is -0.137. The largest absolute Gasteiger partial charge is 0.481 e. The first-order valence-electron chi connectivity index (χ1n) is 7.82. The van der Waals surface area contributed by atoms with E-state index in [1.165, 1.54) is 31.0 Å². The predicted molar refractivity (Wildman–Crippen MR) is 83.2 cm³/mol. The van der Waals surface area contributed by atoms with Gasteiger partial charge in [-0.3, -0.25) is 9.59 Å². The molecule has 4 aliphatic carbocycles. The van der Waals surface area contributed by atoms with E-state index in [0.29, 0.717) is 10.8 Å². The Morgan fingerprint density at radius 1 is 1.10 bits per heavy atom. The van der Waals surface area contributed by atoms with Gasteiger partial charge in [0, 0.05) is 5.54 Å². The van der Waals surface area contributed by atoms with Crippen molar-refractivity contribution in [1.82, 2.24) is 5.32 Å². The van der Waals surface area contributed by atoms with Crippen LogP contribution in [0.2, 0.25) is 0 Å². The fraction of sp³-hybridized carbons (Fsp3) is 0.875. The summed E-state index contributed by atoms with van der Waals surface area (Å²) in [5.41, 5.74) is 0.745. The number of hydrogen-bond donors (Lipinski definition) is 2. The van der Waals surface area contributed by atoms with E-state index in [1.54, 1.807) is 0 Å². The van der Waals surface area contributed by atoms with Gasteiger partial charge in [-0.1, -0.05) is 13.8 Å². The van der Waals surface area contributed by atoms with Gasteiger partial charge in [0.2, 0.25) is 5.91 Å². The van der Waals surface area contributed by atoms with Gasteiger partial charge in [-0.25, -0.2) is 0 Å². The third kappa shape index (κ3) is 3.08. The van der Waals surface area contributed by atoms with Gasteiger partial charge in [-0.05, 0) is 55.3 Å². The molecular formula is C16H25NO3S. The first kappa shape index (κ1) is 15.2. The number of thioether (sulfide) groups is 1. The Balaban J connectivity index is 1.65. The number of hydrogen-bond acceptors (Lipinski definition) is 3. The molecule has 118 valence electrons. The van der Waals surface area contributed by atoms with Crippen LogP contribution in [-0.2, 0) is 9.59 Å². The van der Waals surface area contributed by atoms with Crippen LogP contribution in [0.5, 0.6) is 0 Å². The summed E-state index contributed by atoms with van der Waals surface area (Å²) in [7, 11) is 0. The second-order valence-electron chi connectivity index (χ2n) is 8.35. The van der Waals surface area contributed by atoms with E-state index < -0.39 is 5.97 Å². The first-order valence-corrected chi connectivity index (χ1v) is 8.98. The Morgan fingerprint density at radius 3 is 2.24 bits per heavy atom. The molecule has 21 heavy (non-hydrogen) atoms. The molecule has 4 rings (SSSR count). The second kappa shape index (κ2) is 4.90. The van der Waals surface area contributed by atoms with Gasteiger partial charge in [0.05, 0.1) is 11.5 Å². The average molecular weight is 311 g/mol. The summed E-state index contributed by atoms with van der Waals surface area (Å²) >= 11 is 1.18. The summed E-state index contributed by atoms with van der Waals surface area (Å²) in [6.45, 7) is 4.77. The average Bonchev–Trinajstić information content (AvgIpc) is 2.21. The van der Waals surface area contributed by atoms with Crippen LogP contribution in [0.15, 0.2) is 0 Å². The summed E-state index contributed by atoms with van der Waals surface area (Å²) in [5, 5.41) is 11.9.